The maximum absolute atomic E-state index is 11.3. The number of hydrogen-bond donors (Lipinski definition) is 1. The summed E-state index contributed by atoms with van der Waals surface area (Å²) in [6.07, 6.45) is 2.73. The highest BCUT2D eigenvalue weighted by atomic mass is 32.2. The fraction of sp³-hybridized carbons (Fsp3) is 0.143. The smallest absolute Gasteiger partial charge is 0.334 e. The van der Waals surface area contributed by atoms with Crippen LogP contribution in [0.25, 0.3) is 0 Å². The summed E-state index contributed by atoms with van der Waals surface area (Å²) in [7, 11) is 1.22. The fourth-order valence-electron chi connectivity index (χ4n) is 1.27. The van der Waals surface area contributed by atoms with Crippen molar-refractivity contribution in [1.82, 2.24) is 0 Å². The second kappa shape index (κ2) is 8.16. The van der Waals surface area contributed by atoms with E-state index in [9.17, 15) is 9.59 Å². The zero-order chi connectivity index (χ0) is 14.1. The summed E-state index contributed by atoms with van der Waals surface area (Å²) in [6, 6.07) is 9.69. The van der Waals surface area contributed by atoms with Crippen LogP contribution in [0.3, 0.4) is 0 Å². The number of allylic oxidation sites excluding steroid dienone is 2. The predicted octanol–water partition coefficient (Wildman–Crippen LogP) is 2.87. The number of methoxy groups -OCH3 is 1. The van der Waals surface area contributed by atoms with Crippen molar-refractivity contribution in [3.8, 4) is 0 Å². The van der Waals surface area contributed by atoms with Crippen LogP contribution in [0.15, 0.2) is 58.4 Å². The minimum atomic E-state index is -1.07. The Morgan fingerprint density at radius 2 is 2.00 bits per heavy atom. The molecule has 0 unspecified atom stereocenters. The van der Waals surface area contributed by atoms with Gasteiger partial charge in [0.25, 0.3) is 0 Å². The maximum Gasteiger partial charge on any atom is 0.334 e. The van der Waals surface area contributed by atoms with Crippen molar-refractivity contribution in [2.24, 2.45) is 0 Å². The highest BCUT2D eigenvalue weighted by molar-refractivity contribution is 8.02. The van der Waals surface area contributed by atoms with Crippen molar-refractivity contribution in [3.05, 3.63) is 53.5 Å². The molecule has 1 aromatic carbocycles. The van der Waals surface area contributed by atoms with Crippen LogP contribution in [-0.4, -0.2) is 24.2 Å². The molecule has 0 amide bonds. The van der Waals surface area contributed by atoms with Gasteiger partial charge in [-0.15, -0.1) is 0 Å². The normalized spacial score (nSPS) is 11.5. The van der Waals surface area contributed by atoms with Gasteiger partial charge in [-0.3, -0.25) is 4.79 Å². The lowest BCUT2D eigenvalue weighted by Gasteiger charge is -2.00. The van der Waals surface area contributed by atoms with E-state index in [0.717, 1.165) is 4.90 Å². The van der Waals surface area contributed by atoms with E-state index in [0.29, 0.717) is 0 Å². The molecule has 0 aliphatic heterocycles. The van der Waals surface area contributed by atoms with Gasteiger partial charge >= 0.3 is 11.9 Å². The van der Waals surface area contributed by atoms with Crippen molar-refractivity contribution in [2.45, 2.75) is 11.3 Å². The van der Waals surface area contributed by atoms with Gasteiger partial charge < -0.3 is 9.84 Å². The first kappa shape index (κ1) is 15.0. The Balaban J connectivity index is 2.64. The molecule has 0 saturated heterocycles. The molecule has 1 N–H and O–H groups in total. The molecule has 0 aliphatic carbocycles. The monoisotopic (exact) mass is 278 g/mol. The summed E-state index contributed by atoms with van der Waals surface area (Å²) in [6.45, 7) is 0. The number of carboxylic acid groups (broad SMARTS) is 1. The summed E-state index contributed by atoms with van der Waals surface area (Å²) in [4.78, 5) is 23.0. The second-order valence-corrected chi connectivity index (χ2v) is 4.49. The van der Waals surface area contributed by atoms with Gasteiger partial charge in [-0.1, -0.05) is 42.1 Å². The Labute approximate surface area is 115 Å². The lowest BCUT2D eigenvalue weighted by atomic mass is 10.2. The van der Waals surface area contributed by atoms with E-state index in [-0.39, 0.29) is 12.0 Å². The zero-order valence-electron chi connectivity index (χ0n) is 10.4. The van der Waals surface area contributed by atoms with Crippen LogP contribution in [0.1, 0.15) is 6.42 Å². The van der Waals surface area contributed by atoms with E-state index in [1.807, 2.05) is 30.3 Å². The van der Waals surface area contributed by atoms with Crippen molar-refractivity contribution in [1.29, 1.82) is 0 Å². The SMILES string of the molecule is COC(=O)/C(=C/C=C/Sc1ccccc1)CC(=O)O. The Kier molecular flexibility index (Phi) is 6.46. The van der Waals surface area contributed by atoms with Crippen LogP contribution in [0.4, 0.5) is 0 Å². The number of carbonyl (C=O) groups excluding carboxylic acids is 1. The second-order valence-electron chi connectivity index (χ2n) is 3.51. The minimum Gasteiger partial charge on any atom is -0.481 e. The average Bonchev–Trinajstić information content (AvgIpc) is 2.42. The third-order valence-corrected chi connectivity index (χ3v) is 2.95. The number of thioether (sulfide) groups is 1. The quantitative estimate of drug-likeness (QED) is 0.375. The van der Waals surface area contributed by atoms with Crippen molar-refractivity contribution in [2.75, 3.05) is 7.11 Å². The van der Waals surface area contributed by atoms with Gasteiger partial charge in [-0.05, 0) is 17.5 Å². The largest absolute Gasteiger partial charge is 0.481 e. The Bertz CT molecular complexity index is 491. The Hall–Kier alpha value is -2.01. The van der Waals surface area contributed by atoms with Crippen molar-refractivity contribution >= 4 is 23.7 Å². The van der Waals surface area contributed by atoms with Gasteiger partial charge in [-0.2, -0.15) is 0 Å². The molecule has 0 aliphatic rings. The molecule has 0 radical (unpaired) electrons. The Morgan fingerprint density at radius 1 is 1.32 bits per heavy atom. The number of benzene rings is 1. The highest BCUT2D eigenvalue weighted by Gasteiger charge is 2.12. The van der Waals surface area contributed by atoms with Gasteiger partial charge in [0.1, 0.15) is 0 Å². The van der Waals surface area contributed by atoms with Crippen LogP contribution < -0.4 is 0 Å². The van der Waals surface area contributed by atoms with E-state index >= 15 is 0 Å². The summed E-state index contributed by atoms with van der Waals surface area (Å²) >= 11 is 1.48. The molecule has 100 valence electrons. The van der Waals surface area contributed by atoms with Crippen LogP contribution >= 0.6 is 11.8 Å². The number of esters is 1. The molecular formula is C14H14O4S. The Morgan fingerprint density at radius 3 is 2.58 bits per heavy atom. The summed E-state index contributed by atoms with van der Waals surface area (Å²) in [5.74, 6) is -1.70. The molecule has 1 rings (SSSR count). The third kappa shape index (κ3) is 5.92. The summed E-state index contributed by atoms with van der Waals surface area (Å²) in [5, 5.41) is 10.5. The highest BCUT2D eigenvalue weighted by Crippen LogP contribution is 2.18. The molecule has 0 saturated carbocycles. The van der Waals surface area contributed by atoms with Gasteiger partial charge in [-0.25, -0.2) is 4.79 Å². The van der Waals surface area contributed by atoms with E-state index in [1.54, 1.807) is 11.5 Å². The number of rotatable bonds is 6. The topological polar surface area (TPSA) is 63.6 Å². The summed E-state index contributed by atoms with van der Waals surface area (Å²) in [5.41, 5.74) is 0.111. The van der Waals surface area contributed by atoms with Crippen LogP contribution in [0, 0.1) is 0 Å². The number of carbonyl (C=O) groups is 2. The maximum atomic E-state index is 11.3. The molecule has 0 aromatic heterocycles. The molecule has 19 heavy (non-hydrogen) atoms. The predicted molar refractivity (Wildman–Crippen MR) is 73.8 cm³/mol. The lowest BCUT2D eigenvalue weighted by molar-refractivity contribution is -0.141. The first-order valence-corrected chi connectivity index (χ1v) is 6.39. The van der Waals surface area contributed by atoms with E-state index in [2.05, 4.69) is 4.74 Å². The van der Waals surface area contributed by atoms with Crippen LogP contribution in [-0.2, 0) is 14.3 Å². The summed E-state index contributed by atoms with van der Waals surface area (Å²) < 4.78 is 4.52. The molecule has 5 heteroatoms. The van der Waals surface area contributed by atoms with E-state index in [1.165, 1.54) is 24.9 Å². The number of ether oxygens (including phenoxy) is 1. The minimum absolute atomic E-state index is 0.111. The van der Waals surface area contributed by atoms with Gasteiger partial charge in [0.15, 0.2) is 0 Å². The van der Waals surface area contributed by atoms with Crippen molar-refractivity contribution < 1.29 is 19.4 Å². The lowest BCUT2D eigenvalue weighted by Crippen LogP contribution is -2.09. The molecule has 0 heterocycles. The fourth-order valence-corrected chi connectivity index (χ4v) is 1.89. The molecule has 0 atom stereocenters. The molecule has 4 nitrogen and oxygen atoms in total. The molecule has 0 bridgehead atoms. The van der Waals surface area contributed by atoms with Crippen LogP contribution in [0.2, 0.25) is 0 Å². The van der Waals surface area contributed by atoms with Gasteiger partial charge in [0.2, 0.25) is 0 Å². The standard InChI is InChI=1S/C14H14O4S/c1-18-14(17)11(10-13(15)16)6-5-9-19-12-7-3-2-4-8-12/h2-9H,10H2,1H3,(H,15,16)/b9-5+,11-6+. The average molecular weight is 278 g/mol. The number of hydrogen-bond acceptors (Lipinski definition) is 4. The van der Waals surface area contributed by atoms with E-state index in [4.69, 9.17) is 5.11 Å². The zero-order valence-corrected chi connectivity index (χ0v) is 11.2. The number of carboxylic acids is 1. The van der Waals surface area contributed by atoms with Crippen LogP contribution in [0.5, 0.6) is 0 Å². The van der Waals surface area contributed by atoms with Gasteiger partial charge in [0, 0.05) is 10.5 Å². The first-order valence-electron chi connectivity index (χ1n) is 5.51. The van der Waals surface area contributed by atoms with Crippen molar-refractivity contribution in [3.63, 3.8) is 0 Å². The van der Waals surface area contributed by atoms with E-state index < -0.39 is 11.9 Å². The molecule has 0 fully saturated rings. The number of aliphatic carboxylic acids is 1. The molecular weight excluding hydrogens is 264 g/mol. The molecule has 0 spiro atoms. The molecule has 1 aromatic rings. The van der Waals surface area contributed by atoms with Gasteiger partial charge in [0.05, 0.1) is 13.5 Å². The third-order valence-electron chi connectivity index (χ3n) is 2.11. The first-order chi connectivity index (χ1) is 9.13.